The first kappa shape index (κ1) is 16.3. The Hall–Kier alpha value is -0.0500. The lowest BCUT2D eigenvalue weighted by Gasteiger charge is -2.21. The quantitative estimate of drug-likeness (QED) is 0.430. The number of nitrogens with one attached hydrogen (secondary N) is 1. The third-order valence-corrected chi connectivity index (χ3v) is 5.98. The molecular formula is C13H24IN3O2S. The Morgan fingerprint density at radius 1 is 1.20 bits per heavy atom. The molecule has 1 saturated carbocycles. The van der Waals surface area contributed by atoms with E-state index < -0.39 is 9.84 Å². The molecule has 3 aliphatic rings. The van der Waals surface area contributed by atoms with E-state index in [-0.39, 0.29) is 29.9 Å². The van der Waals surface area contributed by atoms with E-state index in [2.05, 4.69) is 10.2 Å². The molecule has 5 nitrogen and oxygen atoms in total. The maximum absolute atomic E-state index is 11.5. The van der Waals surface area contributed by atoms with E-state index in [9.17, 15) is 8.42 Å². The standard InChI is InChI=1S/C13H23N3O2S.HI/c17-19(18)8-5-11(10-19)9-14-13(15-12-3-4-12)16-6-1-2-7-16;/h11-12H,1-10H2,(H,14,15);1H. The molecule has 3 rings (SSSR count). The summed E-state index contributed by atoms with van der Waals surface area (Å²) < 4.78 is 22.9. The lowest BCUT2D eigenvalue weighted by Crippen LogP contribution is -2.41. The molecular weight excluding hydrogens is 389 g/mol. The van der Waals surface area contributed by atoms with Crippen LogP contribution in [0.5, 0.6) is 0 Å². The topological polar surface area (TPSA) is 61.8 Å². The fourth-order valence-corrected chi connectivity index (χ4v) is 4.66. The van der Waals surface area contributed by atoms with Crippen molar-refractivity contribution in [1.82, 2.24) is 10.2 Å². The van der Waals surface area contributed by atoms with Crippen molar-refractivity contribution in [2.45, 2.75) is 38.1 Å². The van der Waals surface area contributed by atoms with Crippen molar-refractivity contribution in [3.63, 3.8) is 0 Å². The van der Waals surface area contributed by atoms with Crippen LogP contribution in [0.25, 0.3) is 0 Å². The van der Waals surface area contributed by atoms with Crippen molar-refractivity contribution < 1.29 is 8.42 Å². The lowest BCUT2D eigenvalue weighted by molar-refractivity contribution is 0.485. The van der Waals surface area contributed by atoms with E-state index in [4.69, 9.17) is 4.99 Å². The number of nitrogens with zero attached hydrogens (tertiary/aromatic N) is 2. The molecule has 20 heavy (non-hydrogen) atoms. The van der Waals surface area contributed by atoms with Crippen molar-refractivity contribution in [1.29, 1.82) is 0 Å². The van der Waals surface area contributed by atoms with Gasteiger partial charge in [-0.3, -0.25) is 4.99 Å². The van der Waals surface area contributed by atoms with Crippen molar-refractivity contribution in [2.24, 2.45) is 10.9 Å². The number of hydrogen-bond donors (Lipinski definition) is 1. The van der Waals surface area contributed by atoms with Crippen LogP contribution in [0.4, 0.5) is 0 Å². The second kappa shape index (κ2) is 6.81. The molecule has 1 aliphatic carbocycles. The van der Waals surface area contributed by atoms with Crippen LogP contribution < -0.4 is 5.32 Å². The molecule has 0 bridgehead atoms. The summed E-state index contributed by atoms with van der Waals surface area (Å²) in [5.74, 6) is 1.92. The molecule has 0 aromatic rings. The van der Waals surface area contributed by atoms with E-state index in [1.54, 1.807) is 0 Å². The van der Waals surface area contributed by atoms with Crippen molar-refractivity contribution >= 4 is 39.8 Å². The monoisotopic (exact) mass is 413 g/mol. The summed E-state index contributed by atoms with van der Waals surface area (Å²) in [5.41, 5.74) is 0. The fraction of sp³-hybridized carbons (Fsp3) is 0.923. The SMILES string of the molecule is I.O=S1(=O)CCC(CN=C(NC2CC2)N2CCCC2)C1. The Morgan fingerprint density at radius 3 is 2.45 bits per heavy atom. The highest BCUT2D eigenvalue weighted by Gasteiger charge is 2.29. The number of aliphatic imine (C=N–C) groups is 1. The maximum atomic E-state index is 11.5. The third-order valence-electron chi connectivity index (χ3n) is 4.14. The van der Waals surface area contributed by atoms with Gasteiger partial charge in [0.15, 0.2) is 15.8 Å². The molecule has 2 heterocycles. The van der Waals surface area contributed by atoms with E-state index in [0.29, 0.717) is 24.1 Å². The van der Waals surface area contributed by atoms with Crippen molar-refractivity contribution in [3.8, 4) is 0 Å². The number of likely N-dealkylation sites (tertiary alicyclic amines) is 1. The first-order chi connectivity index (χ1) is 9.12. The largest absolute Gasteiger partial charge is 0.354 e. The first-order valence-electron chi connectivity index (χ1n) is 7.39. The van der Waals surface area contributed by atoms with E-state index in [1.165, 1.54) is 25.7 Å². The van der Waals surface area contributed by atoms with E-state index in [0.717, 1.165) is 25.5 Å². The van der Waals surface area contributed by atoms with Gasteiger partial charge >= 0.3 is 0 Å². The van der Waals surface area contributed by atoms with E-state index >= 15 is 0 Å². The Kier molecular flexibility index (Phi) is 5.56. The van der Waals surface area contributed by atoms with Crippen LogP contribution in [0, 0.1) is 5.92 Å². The summed E-state index contributed by atoms with van der Waals surface area (Å²) in [6, 6.07) is 0.603. The molecule has 0 amide bonds. The Morgan fingerprint density at radius 2 is 1.90 bits per heavy atom. The molecule has 7 heteroatoms. The zero-order chi connectivity index (χ0) is 13.3. The summed E-state index contributed by atoms with van der Waals surface area (Å²) >= 11 is 0. The second-order valence-electron chi connectivity index (χ2n) is 6.05. The van der Waals surface area contributed by atoms with Crippen LogP contribution in [0.1, 0.15) is 32.1 Å². The van der Waals surface area contributed by atoms with Gasteiger partial charge in [0, 0.05) is 25.7 Å². The molecule has 1 unspecified atom stereocenters. The highest BCUT2D eigenvalue weighted by molar-refractivity contribution is 14.0. The highest BCUT2D eigenvalue weighted by Crippen LogP contribution is 2.21. The molecule has 3 fully saturated rings. The van der Waals surface area contributed by atoms with Crippen LogP contribution in [-0.2, 0) is 9.84 Å². The molecule has 0 aromatic carbocycles. The lowest BCUT2D eigenvalue weighted by atomic mass is 10.1. The van der Waals surface area contributed by atoms with Gasteiger partial charge in [-0.05, 0) is 38.0 Å². The second-order valence-corrected chi connectivity index (χ2v) is 8.27. The van der Waals surface area contributed by atoms with Crippen LogP contribution in [0.2, 0.25) is 0 Å². The fourth-order valence-electron chi connectivity index (χ4n) is 2.81. The summed E-state index contributed by atoms with van der Waals surface area (Å²) in [7, 11) is -2.78. The van der Waals surface area contributed by atoms with Crippen LogP contribution >= 0.6 is 24.0 Å². The molecule has 2 saturated heterocycles. The third kappa shape index (κ3) is 4.47. The predicted octanol–water partition coefficient (Wildman–Crippen LogP) is 1.24. The number of rotatable bonds is 3. The van der Waals surface area contributed by atoms with Crippen molar-refractivity contribution in [2.75, 3.05) is 31.1 Å². The van der Waals surface area contributed by atoms with Crippen LogP contribution in [0.15, 0.2) is 4.99 Å². The van der Waals surface area contributed by atoms with Gasteiger partial charge in [0.2, 0.25) is 0 Å². The Labute approximate surface area is 138 Å². The first-order valence-corrected chi connectivity index (χ1v) is 9.21. The average molecular weight is 413 g/mol. The van der Waals surface area contributed by atoms with Gasteiger partial charge in [-0.1, -0.05) is 0 Å². The summed E-state index contributed by atoms with van der Waals surface area (Å²) in [6.07, 6.45) is 5.74. The summed E-state index contributed by atoms with van der Waals surface area (Å²) in [4.78, 5) is 7.02. The molecule has 2 aliphatic heterocycles. The highest BCUT2D eigenvalue weighted by atomic mass is 127. The normalized spacial score (nSPS) is 29.3. The van der Waals surface area contributed by atoms with Crippen LogP contribution in [-0.4, -0.2) is 56.5 Å². The van der Waals surface area contributed by atoms with Gasteiger partial charge in [-0.15, -0.1) is 24.0 Å². The minimum Gasteiger partial charge on any atom is -0.354 e. The number of sulfone groups is 1. The van der Waals surface area contributed by atoms with Gasteiger partial charge in [0.1, 0.15) is 0 Å². The van der Waals surface area contributed by atoms with Gasteiger partial charge in [-0.2, -0.15) is 0 Å². The van der Waals surface area contributed by atoms with E-state index in [1.807, 2.05) is 0 Å². The van der Waals surface area contributed by atoms with Crippen molar-refractivity contribution in [3.05, 3.63) is 0 Å². The predicted molar refractivity (Wildman–Crippen MR) is 91.4 cm³/mol. The molecule has 1 atom stereocenters. The molecule has 1 N–H and O–H groups in total. The maximum Gasteiger partial charge on any atom is 0.194 e. The average Bonchev–Trinajstić information content (AvgIpc) is 2.89. The number of halogens is 1. The zero-order valence-electron chi connectivity index (χ0n) is 11.8. The molecule has 116 valence electrons. The zero-order valence-corrected chi connectivity index (χ0v) is 14.9. The minimum absolute atomic E-state index is 0. The number of guanidine groups is 1. The molecule has 0 aromatic heterocycles. The summed E-state index contributed by atoms with van der Waals surface area (Å²) in [6.45, 7) is 2.83. The van der Waals surface area contributed by atoms with Gasteiger partial charge in [-0.25, -0.2) is 8.42 Å². The molecule has 0 spiro atoms. The van der Waals surface area contributed by atoms with Gasteiger partial charge in [0.25, 0.3) is 0 Å². The Balaban J connectivity index is 0.00000147. The Bertz CT molecular complexity index is 456. The smallest absolute Gasteiger partial charge is 0.194 e. The minimum atomic E-state index is -2.78. The van der Waals surface area contributed by atoms with Crippen LogP contribution in [0.3, 0.4) is 0 Å². The van der Waals surface area contributed by atoms with Gasteiger partial charge < -0.3 is 10.2 Å². The summed E-state index contributed by atoms with van der Waals surface area (Å²) in [5, 5.41) is 3.50. The van der Waals surface area contributed by atoms with Gasteiger partial charge in [0.05, 0.1) is 11.5 Å². The molecule has 0 radical (unpaired) electrons. The number of hydrogen-bond acceptors (Lipinski definition) is 3.